The van der Waals surface area contributed by atoms with Crippen LogP contribution >= 0.6 is 23.2 Å². The Morgan fingerprint density at radius 3 is 2.54 bits per heavy atom. The van der Waals surface area contributed by atoms with Crippen molar-refractivity contribution in [3.05, 3.63) is 75.9 Å². The number of hydrogen-bond acceptors (Lipinski definition) is 3. The molecule has 0 spiro atoms. The summed E-state index contributed by atoms with van der Waals surface area (Å²) in [6, 6.07) is 16.5. The van der Waals surface area contributed by atoms with Gasteiger partial charge in [0.05, 0.1) is 10.0 Å². The largest absolute Gasteiger partial charge is 0.389 e. The van der Waals surface area contributed by atoms with E-state index in [9.17, 15) is 4.79 Å². The minimum absolute atomic E-state index is 0.0193. The van der Waals surface area contributed by atoms with Crippen LogP contribution in [-0.4, -0.2) is 12.5 Å². The number of carbonyl (C=O) groups excluding carboxylic acids is 1. The molecule has 0 radical (unpaired) electrons. The van der Waals surface area contributed by atoms with E-state index in [1.54, 1.807) is 12.1 Å². The Balaban J connectivity index is 1.90. The van der Waals surface area contributed by atoms with Crippen LogP contribution < -0.4 is 10.6 Å². The second-order valence-corrected chi connectivity index (χ2v) is 5.76. The quantitative estimate of drug-likeness (QED) is 0.462. The number of benzene rings is 2. The van der Waals surface area contributed by atoms with Crippen LogP contribution in [-0.2, 0) is 11.2 Å². The standard InChI is InChI=1S/C18H15Cl2N3O/c19-16-7-6-15(10-17(16)20)23-18(24)14(11-21)12-22-9-8-13-4-2-1-3-5-13/h1-7,10,12,22H,8-9H2,(H,23,24)/b14-12-. The maximum absolute atomic E-state index is 12.1. The number of nitrogens with one attached hydrogen (secondary N) is 2. The Hall–Kier alpha value is -2.48. The molecule has 1 amide bonds. The van der Waals surface area contributed by atoms with Crippen LogP contribution in [0.25, 0.3) is 0 Å². The minimum Gasteiger partial charge on any atom is -0.389 e. The third kappa shape index (κ3) is 5.31. The molecule has 0 saturated heterocycles. The second-order valence-electron chi connectivity index (χ2n) is 4.94. The molecule has 0 saturated carbocycles. The summed E-state index contributed by atoms with van der Waals surface area (Å²) in [6.07, 6.45) is 2.21. The zero-order chi connectivity index (χ0) is 17.4. The summed E-state index contributed by atoms with van der Waals surface area (Å²) in [7, 11) is 0. The van der Waals surface area contributed by atoms with Crippen molar-refractivity contribution in [3.8, 4) is 6.07 Å². The maximum atomic E-state index is 12.1. The summed E-state index contributed by atoms with van der Waals surface area (Å²) in [5, 5.41) is 15.4. The number of nitriles is 1. The first-order chi connectivity index (χ1) is 11.6. The normalized spacial score (nSPS) is 10.8. The fourth-order valence-corrected chi connectivity index (χ4v) is 2.25. The van der Waals surface area contributed by atoms with Gasteiger partial charge in [-0.3, -0.25) is 4.79 Å². The molecule has 2 aromatic rings. The summed E-state index contributed by atoms with van der Waals surface area (Å²) < 4.78 is 0. The summed E-state index contributed by atoms with van der Waals surface area (Å²) in [6.45, 7) is 0.620. The molecule has 4 nitrogen and oxygen atoms in total. The molecular weight excluding hydrogens is 345 g/mol. The summed E-state index contributed by atoms with van der Waals surface area (Å²) in [5.74, 6) is -0.511. The number of amides is 1. The molecule has 6 heteroatoms. The van der Waals surface area contributed by atoms with E-state index in [1.165, 1.54) is 17.8 Å². The van der Waals surface area contributed by atoms with Crippen molar-refractivity contribution in [2.24, 2.45) is 0 Å². The van der Waals surface area contributed by atoms with Gasteiger partial charge < -0.3 is 10.6 Å². The average molecular weight is 360 g/mol. The van der Waals surface area contributed by atoms with E-state index in [0.29, 0.717) is 22.3 Å². The number of nitrogens with zero attached hydrogens (tertiary/aromatic N) is 1. The van der Waals surface area contributed by atoms with E-state index in [2.05, 4.69) is 10.6 Å². The Morgan fingerprint density at radius 1 is 1.12 bits per heavy atom. The van der Waals surface area contributed by atoms with Crippen molar-refractivity contribution in [2.75, 3.05) is 11.9 Å². The molecule has 0 aliphatic heterocycles. The van der Waals surface area contributed by atoms with Crippen molar-refractivity contribution in [3.63, 3.8) is 0 Å². The van der Waals surface area contributed by atoms with E-state index in [1.807, 2.05) is 36.4 Å². The summed E-state index contributed by atoms with van der Waals surface area (Å²) >= 11 is 11.7. The minimum atomic E-state index is -0.511. The maximum Gasteiger partial charge on any atom is 0.267 e. The predicted molar refractivity (Wildman–Crippen MR) is 96.9 cm³/mol. The van der Waals surface area contributed by atoms with Crippen LogP contribution in [0.1, 0.15) is 5.56 Å². The molecule has 0 heterocycles. The number of hydrogen-bond donors (Lipinski definition) is 2. The second kappa shape index (κ2) is 8.97. The van der Waals surface area contributed by atoms with Crippen molar-refractivity contribution in [2.45, 2.75) is 6.42 Å². The monoisotopic (exact) mass is 359 g/mol. The lowest BCUT2D eigenvalue weighted by molar-refractivity contribution is -0.112. The molecule has 0 fully saturated rings. The number of rotatable bonds is 6. The summed E-state index contributed by atoms with van der Waals surface area (Å²) in [4.78, 5) is 12.1. The Labute approximate surface area is 150 Å². The van der Waals surface area contributed by atoms with Gasteiger partial charge in [0.15, 0.2) is 0 Å². The molecule has 2 rings (SSSR count). The number of halogens is 2. The van der Waals surface area contributed by atoms with E-state index in [0.717, 1.165) is 6.42 Å². The molecule has 0 aliphatic rings. The lowest BCUT2D eigenvalue weighted by Gasteiger charge is -2.06. The van der Waals surface area contributed by atoms with Crippen molar-refractivity contribution < 1.29 is 4.79 Å². The molecule has 0 bridgehead atoms. The molecule has 122 valence electrons. The molecule has 2 N–H and O–H groups in total. The smallest absolute Gasteiger partial charge is 0.267 e. The first-order valence-corrected chi connectivity index (χ1v) is 7.99. The van der Waals surface area contributed by atoms with Gasteiger partial charge in [-0.25, -0.2) is 0 Å². The lowest BCUT2D eigenvalue weighted by Crippen LogP contribution is -2.18. The highest BCUT2D eigenvalue weighted by Gasteiger charge is 2.10. The van der Waals surface area contributed by atoms with E-state index in [4.69, 9.17) is 28.5 Å². The van der Waals surface area contributed by atoms with Gasteiger partial charge in [-0.05, 0) is 30.2 Å². The molecule has 0 atom stereocenters. The van der Waals surface area contributed by atoms with Gasteiger partial charge in [-0.2, -0.15) is 5.26 Å². The van der Waals surface area contributed by atoms with Crippen LogP contribution in [0.2, 0.25) is 10.0 Å². The number of carbonyl (C=O) groups is 1. The van der Waals surface area contributed by atoms with Gasteiger partial charge >= 0.3 is 0 Å². The topological polar surface area (TPSA) is 64.9 Å². The lowest BCUT2D eigenvalue weighted by atomic mass is 10.1. The van der Waals surface area contributed by atoms with Crippen molar-refractivity contribution in [1.82, 2.24) is 5.32 Å². The highest BCUT2D eigenvalue weighted by atomic mass is 35.5. The predicted octanol–water partition coefficient (Wildman–Crippen LogP) is 4.17. The third-order valence-corrected chi connectivity index (χ3v) is 3.93. The van der Waals surface area contributed by atoms with Crippen LogP contribution in [0.4, 0.5) is 5.69 Å². The number of anilines is 1. The van der Waals surface area contributed by atoms with Gasteiger partial charge in [-0.15, -0.1) is 0 Å². The average Bonchev–Trinajstić information content (AvgIpc) is 2.59. The molecule has 0 unspecified atom stereocenters. The van der Waals surface area contributed by atoms with Gasteiger partial charge in [0.2, 0.25) is 0 Å². The first-order valence-electron chi connectivity index (χ1n) is 7.24. The molecular formula is C18H15Cl2N3O. The van der Waals surface area contributed by atoms with Gasteiger partial charge in [0, 0.05) is 18.4 Å². The van der Waals surface area contributed by atoms with E-state index >= 15 is 0 Å². The Bertz CT molecular complexity index is 783. The van der Waals surface area contributed by atoms with Crippen molar-refractivity contribution in [1.29, 1.82) is 5.26 Å². The highest BCUT2D eigenvalue weighted by molar-refractivity contribution is 6.42. The highest BCUT2D eigenvalue weighted by Crippen LogP contribution is 2.25. The summed E-state index contributed by atoms with van der Waals surface area (Å²) in [5.41, 5.74) is 1.63. The van der Waals surface area contributed by atoms with Crippen LogP contribution in [0, 0.1) is 11.3 Å². The fourth-order valence-electron chi connectivity index (χ4n) is 1.96. The zero-order valence-electron chi connectivity index (χ0n) is 12.7. The Morgan fingerprint density at radius 2 is 1.88 bits per heavy atom. The molecule has 0 aromatic heterocycles. The fraction of sp³-hybridized carbons (Fsp3) is 0.111. The Kier molecular flexibility index (Phi) is 6.68. The van der Waals surface area contributed by atoms with Crippen molar-refractivity contribution >= 4 is 34.8 Å². The molecule has 2 aromatic carbocycles. The SMILES string of the molecule is N#C/C(=C/NCCc1ccccc1)C(=O)Nc1ccc(Cl)c(Cl)c1. The van der Waals surface area contributed by atoms with Gasteiger partial charge in [-0.1, -0.05) is 53.5 Å². The third-order valence-electron chi connectivity index (χ3n) is 3.19. The molecule has 0 aliphatic carbocycles. The van der Waals surface area contributed by atoms with E-state index in [-0.39, 0.29) is 5.57 Å². The van der Waals surface area contributed by atoms with Crippen LogP contribution in [0.3, 0.4) is 0 Å². The van der Waals surface area contributed by atoms with Crippen LogP contribution in [0.15, 0.2) is 60.3 Å². The van der Waals surface area contributed by atoms with Crippen LogP contribution in [0.5, 0.6) is 0 Å². The van der Waals surface area contributed by atoms with E-state index < -0.39 is 5.91 Å². The van der Waals surface area contributed by atoms with Gasteiger partial charge in [0.25, 0.3) is 5.91 Å². The van der Waals surface area contributed by atoms with Gasteiger partial charge in [0.1, 0.15) is 11.6 Å². The molecule has 24 heavy (non-hydrogen) atoms. The first kappa shape index (κ1) is 17.9. The zero-order valence-corrected chi connectivity index (χ0v) is 14.2.